The van der Waals surface area contributed by atoms with Crippen LogP contribution in [-0.4, -0.2) is 47.0 Å². The second-order valence-electron chi connectivity index (χ2n) is 6.96. The quantitative estimate of drug-likeness (QED) is 0.877. The normalized spacial score (nSPS) is 21.8. The van der Waals surface area contributed by atoms with Crippen LogP contribution in [0.5, 0.6) is 5.75 Å². The molecule has 8 heteroatoms. The van der Waals surface area contributed by atoms with Gasteiger partial charge in [-0.15, -0.1) is 0 Å². The Morgan fingerprint density at radius 3 is 2.52 bits per heavy atom. The van der Waals surface area contributed by atoms with Crippen molar-refractivity contribution in [1.82, 2.24) is 4.90 Å². The van der Waals surface area contributed by atoms with Crippen molar-refractivity contribution in [2.24, 2.45) is 0 Å². The smallest absolute Gasteiger partial charge is 0.416 e. The maximum Gasteiger partial charge on any atom is 0.416 e. The molecule has 1 aliphatic heterocycles. The zero-order chi connectivity index (χ0) is 18.8. The number of aliphatic hydroxyl groups excluding tert-OH is 1. The number of carbonyl (C=O) groups excluding carboxylic acids is 1. The number of β-amino-alcohol motifs (C(OH)–C–C–N with tert-alkyl or cyclic N) is 1. The van der Waals surface area contributed by atoms with E-state index in [2.05, 4.69) is 0 Å². The van der Waals surface area contributed by atoms with Gasteiger partial charge < -0.3 is 19.5 Å². The number of hydrogen-bond acceptors (Lipinski definition) is 4. The van der Waals surface area contributed by atoms with Gasteiger partial charge >= 0.3 is 12.3 Å². The van der Waals surface area contributed by atoms with Crippen LogP contribution in [0.1, 0.15) is 32.8 Å². The Balaban J connectivity index is 1.97. The van der Waals surface area contributed by atoms with Crippen molar-refractivity contribution in [3.8, 4) is 5.75 Å². The zero-order valence-corrected chi connectivity index (χ0v) is 14.3. The molecule has 1 saturated heterocycles. The first-order valence-corrected chi connectivity index (χ1v) is 7.95. The van der Waals surface area contributed by atoms with Crippen molar-refractivity contribution in [3.63, 3.8) is 0 Å². The molecule has 0 aliphatic carbocycles. The molecule has 1 aromatic carbocycles. The largest absolute Gasteiger partial charge is 0.488 e. The molecule has 1 heterocycles. The number of halogens is 3. The zero-order valence-electron chi connectivity index (χ0n) is 14.3. The lowest BCUT2D eigenvalue weighted by molar-refractivity contribution is -0.137. The summed E-state index contributed by atoms with van der Waals surface area (Å²) in [6, 6.07) is 4.50. The standard InChI is InChI=1S/C17H22F3NO4/c1-16(2,3)25-15(23)21-8-7-14(13(22)10-21)24-12-6-4-5-11(9-12)17(18,19)20/h4-6,9,13-14,22H,7-8,10H2,1-3H3. The third-order valence-electron chi connectivity index (χ3n) is 3.62. The van der Waals surface area contributed by atoms with E-state index in [-0.39, 0.29) is 25.3 Å². The summed E-state index contributed by atoms with van der Waals surface area (Å²) in [5, 5.41) is 10.2. The van der Waals surface area contributed by atoms with E-state index in [4.69, 9.17) is 9.47 Å². The second kappa shape index (κ2) is 7.11. The first kappa shape index (κ1) is 19.4. The van der Waals surface area contributed by atoms with Gasteiger partial charge in [0.05, 0.1) is 12.1 Å². The molecule has 1 aliphatic rings. The predicted octanol–water partition coefficient (Wildman–Crippen LogP) is 3.45. The SMILES string of the molecule is CC(C)(C)OC(=O)N1CCC(Oc2cccc(C(F)(F)F)c2)C(O)C1. The molecule has 0 saturated carbocycles. The molecule has 2 atom stereocenters. The summed E-state index contributed by atoms with van der Waals surface area (Å²) in [5.41, 5.74) is -1.46. The fourth-order valence-electron chi connectivity index (χ4n) is 2.46. The number of aliphatic hydroxyl groups is 1. The summed E-state index contributed by atoms with van der Waals surface area (Å²) in [6.45, 7) is 5.51. The molecule has 1 N–H and O–H groups in total. The summed E-state index contributed by atoms with van der Waals surface area (Å²) in [4.78, 5) is 13.4. The Kier molecular flexibility index (Phi) is 5.51. The molecule has 0 radical (unpaired) electrons. The monoisotopic (exact) mass is 361 g/mol. The number of hydrogen-bond donors (Lipinski definition) is 1. The average Bonchev–Trinajstić information content (AvgIpc) is 2.47. The van der Waals surface area contributed by atoms with E-state index in [1.54, 1.807) is 20.8 Å². The molecule has 1 fully saturated rings. The van der Waals surface area contributed by atoms with Gasteiger partial charge in [-0.1, -0.05) is 6.07 Å². The summed E-state index contributed by atoms with van der Waals surface area (Å²) >= 11 is 0. The summed E-state index contributed by atoms with van der Waals surface area (Å²) in [6.07, 6.45) is -6.42. The Morgan fingerprint density at radius 1 is 1.28 bits per heavy atom. The van der Waals surface area contributed by atoms with Gasteiger partial charge in [0.2, 0.25) is 0 Å². The van der Waals surface area contributed by atoms with Crippen molar-refractivity contribution < 1.29 is 32.5 Å². The van der Waals surface area contributed by atoms with Gasteiger partial charge in [-0.25, -0.2) is 4.79 Å². The van der Waals surface area contributed by atoms with E-state index in [1.807, 2.05) is 0 Å². The molecule has 0 aromatic heterocycles. The second-order valence-corrected chi connectivity index (χ2v) is 6.96. The number of carbonyl (C=O) groups is 1. The van der Waals surface area contributed by atoms with Gasteiger partial charge in [-0.05, 0) is 39.0 Å². The molecule has 140 valence electrons. The Hall–Kier alpha value is -1.96. The highest BCUT2D eigenvalue weighted by Gasteiger charge is 2.34. The summed E-state index contributed by atoms with van der Waals surface area (Å²) < 4.78 is 49.0. The van der Waals surface area contributed by atoms with Gasteiger partial charge in [0, 0.05) is 13.0 Å². The van der Waals surface area contributed by atoms with Crippen LogP contribution in [0.4, 0.5) is 18.0 Å². The molecular formula is C17H22F3NO4. The molecule has 1 amide bonds. The average molecular weight is 361 g/mol. The molecule has 2 rings (SSSR count). The molecule has 5 nitrogen and oxygen atoms in total. The Bertz CT molecular complexity index is 613. The van der Waals surface area contributed by atoms with Gasteiger partial charge in [0.1, 0.15) is 23.6 Å². The van der Waals surface area contributed by atoms with E-state index >= 15 is 0 Å². The number of amides is 1. The minimum absolute atomic E-state index is 0.00145. The number of ether oxygens (including phenoxy) is 2. The van der Waals surface area contributed by atoms with E-state index in [1.165, 1.54) is 17.0 Å². The maximum atomic E-state index is 12.7. The van der Waals surface area contributed by atoms with Crippen LogP contribution in [-0.2, 0) is 10.9 Å². The van der Waals surface area contributed by atoms with Crippen LogP contribution in [0, 0.1) is 0 Å². The number of likely N-dealkylation sites (tertiary alicyclic amines) is 1. The maximum absolute atomic E-state index is 12.7. The van der Waals surface area contributed by atoms with Crippen LogP contribution in [0.25, 0.3) is 0 Å². The van der Waals surface area contributed by atoms with Crippen LogP contribution in [0.15, 0.2) is 24.3 Å². The minimum atomic E-state index is -4.46. The topological polar surface area (TPSA) is 59.0 Å². The van der Waals surface area contributed by atoms with Crippen molar-refractivity contribution in [2.45, 2.75) is 51.2 Å². The van der Waals surface area contributed by atoms with Crippen LogP contribution < -0.4 is 4.74 Å². The van der Waals surface area contributed by atoms with E-state index in [0.29, 0.717) is 0 Å². The predicted molar refractivity (Wildman–Crippen MR) is 84.3 cm³/mol. The van der Waals surface area contributed by atoms with Crippen molar-refractivity contribution in [1.29, 1.82) is 0 Å². The number of rotatable bonds is 2. The highest BCUT2D eigenvalue weighted by molar-refractivity contribution is 5.68. The number of alkyl halides is 3. The number of benzene rings is 1. The lowest BCUT2D eigenvalue weighted by atomic mass is 10.0. The Morgan fingerprint density at radius 2 is 1.96 bits per heavy atom. The van der Waals surface area contributed by atoms with Crippen LogP contribution in [0.2, 0.25) is 0 Å². The van der Waals surface area contributed by atoms with E-state index in [9.17, 15) is 23.1 Å². The molecule has 25 heavy (non-hydrogen) atoms. The molecule has 2 unspecified atom stereocenters. The van der Waals surface area contributed by atoms with Gasteiger partial charge in [-0.3, -0.25) is 0 Å². The first-order valence-electron chi connectivity index (χ1n) is 7.95. The lowest BCUT2D eigenvalue weighted by Crippen LogP contribution is -2.52. The van der Waals surface area contributed by atoms with Crippen molar-refractivity contribution in [3.05, 3.63) is 29.8 Å². The minimum Gasteiger partial charge on any atom is -0.488 e. The molecule has 1 aromatic rings. The van der Waals surface area contributed by atoms with Gasteiger partial charge in [0.15, 0.2) is 0 Å². The Labute approximate surface area is 144 Å². The third kappa shape index (κ3) is 5.52. The lowest BCUT2D eigenvalue weighted by Gasteiger charge is -2.36. The number of nitrogens with zero attached hydrogens (tertiary/aromatic N) is 1. The highest BCUT2D eigenvalue weighted by Crippen LogP contribution is 2.32. The molecular weight excluding hydrogens is 339 g/mol. The fraction of sp³-hybridized carbons (Fsp3) is 0.588. The van der Waals surface area contributed by atoms with Crippen LogP contribution in [0.3, 0.4) is 0 Å². The molecule has 0 bridgehead atoms. The first-order chi connectivity index (χ1) is 11.5. The van der Waals surface area contributed by atoms with Crippen LogP contribution >= 0.6 is 0 Å². The van der Waals surface area contributed by atoms with E-state index in [0.717, 1.165) is 12.1 Å². The third-order valence-corrected chi connectivity index (χ3v) is 3.62. The van der Waals surface area contributed by atoms with Gasteiger partial charge in [-0.2, -0.15) is 13.2 Å². The summed E-state index contributed by atoms with van der Waals surface area (Å²) in [5.74, 6) is 0.0320. The summed E-state index contributed by atoms with van der Waals surface area (Å²) in [7, 11) is 0. The van der Waals surface area contributed by atoms with E-state index < -0.39 is 35.6 Å². The fourth-order valence-corrected chi connectivity index (χ4v) is 2.46. The number of piperidine rings is 1. The highest BCUT2D eigenvalue weighted by atomic mass is 19.4. The van der Waals surface area contributed by atoms with Gasteiger partial charge in [0.25, 0.3) is 0 Å². The van der Waals surface area contributed by atoms with Crippen molar-refractivity contribution >= 4 is 6.09 Å². The van der Waals surface area contributed by atoms with Crippen molar-refractivity contribution in [2.75, 3.05) is 13.1 Å². The molecule has 0 spiro atoms.